The summed E-state index contributed by atoms with van der Waals surface area (Å²) in [5.41, 5.74) is 0.862. The van der Waals surface area contributed by atoms with Crippen molar-refractivity contribution in [2.24, 2.45) is 5.92 Å². The summed E-state index contributed by atoms with van der Waals surface area (Å²) in [7, 11) is 0. The Balaban J connectivity index is 1.58. The summed E-state index contributed by atoms with van der Waals surface area (Å²) in [4.78, 5) is 27.5. The number of aromatic hydroxyl groups is 2. The maximum atomic E-state index is 13.0. The number of hydrogen-bond acceptors (Lipinski definition) is 6. The van der Waals surface area contributed by atoms with E-state index in [0.717, 1.165) is 38.5 Å². The quantitative estimate of drug-likeness (QED) is 0.549. The molecule has 7 heteroatoms. The Morgan fingerprint density at radius 1 is 1.00 bits per heavy atom. The average Bonchev–Trinajstić information content (AvgIpc) is 3.24. The van der Waals surface area contributed by atoms with Crippen LogP contribution in [0, 0.1) is 5.92 Å². The van der Waals surface area contributed by atoms with Crippen LogP contribution in [0.5, 0.6) is 11.5 Å². The van der Waals surface area contributed by atoms with Gasteiger partial charge in [0.2, 0.25) is 0 Å². The number of nitrogens with zero attached hydrogens (tertiary/aromatic N) is 1. The number of carbonyl (C=O) groups is 2. The highest BCUT2D eigenvalue weighted by atomic mass is 16.5. The van der Waals surface area contributed by atoms with E-state index in [9.17, 15) is 19.8 Å². The Bertz CT molecular complexity index is 809. The Kier molecular flexibility index (Phi) is 8.04. The molecular weight excluding hydrogens is 408 g/mol. The average molecular weight is 447 g/mol. The molecule has 178 valence electrons. The third-order valence-corrected chi connectivity index (χ3v) is 6.70. The zero-order valence-electron chi connectivity index (χ0n) is 19.8. The van der Waals surface area contributed by atoms with Crippen LogP contribution in [-0.2, 0) is 9.53 Å². The third kappa shape index (κ3) is 5.74. The van der Waals surface area contributed by atoms with Crippen LogP contribution >= 0.6 is 0 Å². The summed E-state index contributed by atoms with van der Waals surface area (Å²) in [6, 6.07) is 2.62. The highest BCUT2D eigenvalue weighted by Crippen LogP contribution is 2.33. The van der Waals surface area contributed by atoms with Crippen LogP contribution < -0.4 is 5.32 Å². The minimum Gasteiger partial charge on any atom is -0.508 e. The lowest BCUT2D eigenvalue weighted by molar-refractivity contribution is -0.153. The minimum absolute atomic E-state index is 0.00109. The fraction of sp³-hybridized carbons (Fsp3) is 0.680. The summed E-state index contributed by atoms with van der Waals surface area (Å²) in [6.07, 6.45) is 5.67. The number of benzene rings is 1. The SMILES string of the molecule is CC(C)c1cc(C(=O)N2CCC(N[C@H](C(=O)OC3CCCC3)C(C)C)CC2)c(O)cc1O. The van der Waals surface area contributed by atoms with Crippen molar-refractivity contribution in [2.75, 3.05) is 13.1 Å². The number of phenols is 2. The number of piperidine rings is 1. The highest BCUT2D eigenvalue weighted by molar-refractivity contribution is 5.97. The van der Waals surface area contributed by atoms with E-state index >= 15 is 0 Å². The summed E-state index contributed by atoms with van der Waals surface area (Å²) in [6.45, 7) is 8.98. The molecule has 0 aromatic heterocycles. The van der Waals surface area contributed by atoms with E-state index in [1.165, 1.54) is 6.07 Å². The van der Waals surface area contributed by atoms with Crippen molar-refractivity contribution in [2.45, 2.75) is 90.3 Å². The monoisotopic (exact) mass is 446 g/mol. The summed E-state index contributed by atoms with van der Waals surface area (Å²) in [5.74, 6) is -0.446. The van der Waals surface area contributed by atoms with Gasteiger partial charge in [0.05, 0.1) is 5.56 Å². The molecule has 0 spiro atoms. The van der Waals surface area contributed by atoms with Crippen molar-refractivity contribution in [3.8, 4) is 11.5 Å². The molecule has 0 unspecified atom stereocenters. The van der Waals surface area contributed by atoms with Gasteiger partial charge in [0.1, 0.15) is 23.6 Å². The molecule has 1 atom stereocenters. The molecule has 1 aliphatic carbocycles. The molecule has 1 aromatic rings. The second kappa shape index (κ2) is 10.6. The van der Waals surface area contributed by atoms with Gasteiger partial charge in [-0.2, -0.15) is 0 Å². The molecule has 3 rings (SSSR count). The smallest absolute Gasteiger partial charge is 0.323 e. The van der Waals surface area contributed by atoms with E-state index < -0.39 is 0 Å². The molecular formula is C25H38N2O5. The molecule has 1 saturated carbocycles. The predicted octanol–water partition coefficient (Wildman–Crippen LogP) is 3.93. The lowest BCUT2D eigenvalue weighted by atomic mass is 9.96. The van der Waals surface area contributed by atoms with Crippen LogP contribution in [0.2, 0.25) is 0 Å². The van der Waals surface area contributed by atoms with Crippen molar-refractivity contribution >= 4 is 11.9 Å². The molecule has 32 heavy (non-hydrogen) atoms. The topological polar surface area (TPSA) is 99.1 Å². The molecule has 1 aromatic carbocycles. The molecule has 0 bridgehead atoms. The number of phenolic OH excluding ortho intramolecular Hbond substituents is 2. The normalized spacial score (nSPS) is 19.0. The van der Waals surface area contributed by atoms with Crippen LogP contribution in [0.1, 0.15) is 88.1 Å². The third-order valence-electron chi connectivity index (χ3n) is 6.70. The maximum Gasteiger partial charge on any atom is 0.323 e. The molecule has 1 amide bonds. The second-order valence-corrected chi connectivity index (χ2v) is 9.88. The molecule has 2 fully saturated rings. The van der Waals surface area contributed by atoms with Gasteiger partial charge in [0, 0.05) is 25.2 Å². The lowest BCUT2D eigenvalue weighted by Crippen LogP contribution is -2.52. The minimum atomic E-state index is -0.349. The summed E-state index contributed by atoms with van der Waals surface area (Å²) >= 11 is 0. The first-order valence-electron chi connectivity index (χ1n) is 12.0. The number of carbonyl (C=O) groups excluding carboxylic acids is 2. The number of rotatable bonds is 7. The first-order chi connectivity index (χ1) is 15.2. The van der Waals surface area contributed by atoms with Crippen LogP contribution in [0.4, 0.5) is 0 Å². The Labute approximate surface area is 191 Å². The zero-order chi connectivity index (χ0) is 23.4. The van der Waals surface area contributed by atoms with Crippen molar-refractivity contribution in [1.82, 2.24) is 10.2 Å². The van der Waals surface area contributed by atoms with Crippen LogP contribution in [-0.4, -0.2) is 58.3 Å². The zero-order valence-corrected chi connectivity index (χ0v) is 19.8. The molecule has 1 aliphatic heterocycles. The van der Waals surface area contributed by atoms with Gasteiger partial charge in [-0.15, -0.1) is 0 Å². The van der Waals surface area contributed by atoms with Gasteiger partial charge in [-0.1, -0.05) is 27.7 Å². The number of hydrogen-bond donors (Lipinski definition) is 3. The number of ether oxygens (including phenoxy) is 1. The first-order valence-corrected chi connectivity index (χ1v) is 12.0. The fourth-order valence-electron chi connectivity index (χ4n) is 4.68. The first kappa shape index (κ1) is 24.4. The van der Waals surface area contributed by atoms with E-state index in [1.807, 2.05) is 27.7 Å². The Morgan fingerprint density at radius 2 is 1.62 bits per heavy atom. The fourth-order valence-corrected chi connectivity index (χ4v) is 4.68. The highest BCUT2D eigenvalue weighted by Gasteiger charge is 2.32. The van der Waals surface area contributed by atoms with Crippen molar-refractivity contribution in [3.63, 3.8) is 0 Å². The number of esters is 1. The summed E-state index contributed by atoms with van der Waals surface area (Å²) < 4.78 is 5.73. The van der Waals surface area contributed by atoms with Gasteiger partial charge in [-0.05, 0) is 62.0 Å². The van der Waals surface area contributed by atoms with Gasteiger partial charge in [-0.25, -0.2) is 0 Å². The Hall–Kier alpha value is -2.28. The molecule has 1 heterocycles. The van der Waals surface area contributed by atoms with Gasteiger partial charge < -0.3 is 25.2 Å². The van der Waals surface area contributed by atoms with E-state index in [4.69, 9.17) is 4.74 Å². The number of likely N-dealkylation sites (tertiary alicyclic amines) is 1. The van der Waals surface area contributed by atoms with Crippen molar-refractivity contribution in [1.29, 1.82) is 0 Å². The molecule has 7 nitrogen and oxygen atoms in total. The lowest BCUT2D eigenvalue weighted by Gasteiger charge is -2.35. The van der Waals surface area contributed by atoms with Gasteiger partial charge in [0.25, 0.3) is 5.91 Å². The van der Waals surface area contributed by atoms with E-state index in [1.54, 1.807) is 11.0 Å². The molecule has 1 saturated heterocycles. The molecule has 2 aliphatic rings. The van der Waals surface area contributed by atoms with Crippen molar-refractivity contribution < 1.29 is 24.5 Å². The predicted molar refractivity (Wildman–Crippen MR) is 123 cm³/mol. The number of nitrogens with one attached hydrogen (secondary N) is 1. The standard InChI is InChI=1S/C25H38N2O5/c1-15(2)19-13-20(22(29)14-21(19)28)24(30)27-11-9-17(10-12-27)26-23(16(3)4)25(31)32-18-7-5-6-8-18/h13-18,23,26,28-29H,5-12H2,1-4H3/t23-/m0/s1. The van der Waals surface area contributed by atoms with Gasteiger partial charge in [-0.3, -0.25) is 9.59 Å². The summed E-state index contributed by atoms with van der Waals surface area (Å²) in [5, 5.41) is 23.8. The maximum absolute atomic E-state index is 13.0. The van der Waals surface area contributed by atoms with E-state index in [-0.39, 0.29) is 59.0 Å². The van der Waals surface area contributed by atoms with Gasteiger partial charge in [0.15, 0.2) is 0 Å². The molecule has 0 radical (unpaired) electrons. The number of amides is 1. The van der Waals surface area contributed by atoms with Crippen molar-refractivity contribution in [3.05, 3.63) is 23.3 Å². The van der Waals surface area contributed by atoms with Crippen LogP contribution in [0.15, 0.2) is 12.1 Å². The second-order valence-electron chi connectivity index (χ2n) is 9.88. The van der Waals surface area contributed by atoms with Gasteiger partial charge >= 0.3 is 5.97 Å². The van der Waals surface area contributed by atoms with Crippen LogP contribution in [0.25, 0.3) is 0 Å². The van der Waals surface area contributed by atoms with E-state index in [0.29, 0.717) is 18.7 Å². The molecule has 3 N–H and O–H groups in total. The Morgan fingerprint density at radius 3 is 2.19 bits per heavy atom. The van der Waals surface area contributed by atoms with Crippen LogP contribution in [0.3, 0.4) is 0 Å². The van der Waals surface area contributed by atoms with E-state index in [2.05, 4.69) is 5.32 Å². The largest absolute Gasteiger partial charge is 0.508 e.